The molecule has 4 rings (SSSR count). The number of benzene rings is 1. The molecule has 1 aliphatic heterocycles. The molecule has 2 bridgehead atoms. The Hall–Kier alpha value is -1.83. The summed E-state index contributed by atoms with van der Waals surface area (Å²) in [5.41, 5.74) is 2.07. The van der Waals surface area contributed by atoms with E-state index in [1.807, 2.05) is 24.3 Å². The van der Waals surface area contributed by atoms with Gasteiger partial charge < -0.3 is 10.1 Å². The van der Waals surface area contributed by atoms with Gasteiger partial charge in [-0.2, -0.15) is 0 Å². The number of nitrogens with zero attached hydrogens (tertiary/aromatic N) is 1. The number of aromatic nitrogens is 1. The summed E-state index contributed by atoms with van der Waals surface area (Å²) >= 11 is 0. The summed E-state index contributed by atoms with van der Waals surface area (Å²) in [6, 6.07) is 9.42. The molecular formula is C19H24ClN3O3S. The van der Waals surface area contributed by atoms with Crippen LogP contribution < -0.4 is 14.8 Å². The van der Waals surface area contributed by atoms with E-state index >= 15 is 0 Å². The maximum atomic E-state index is 11.7. The third kappa shape index (κ3) is 4.54. The van der Waals surface area contributed by atoms with Crippen molar-refractivity contribution < 1.29 is 13.2 Å². The molecule has 1 aromatic carbocycles. The minimum Gasteiger partial charge on any atom is -0.489 e. The van der Waals surface area contributed by atoms with Gasteiger partial charge >= 0.3 is 0 Å². The van der Waals surface area contributed by atoms with E-state index in [4.69, 9.17) is 4.74 Å². The molecule has 146 valence electrons. The lowest BCUT2D eigenvalue weighted by Crippen LogP contribution is -2.34. The van der Waals surface area contributed by atoms with Gasteiger partial charge in [-0.05, 0) is 37.4 Å². The van der Waals surface area contributed by atoms with Crippen LogP contribution in [0.4, 0.5) is 5.69 Å². The number of anilines is 1. The minimum absolute atomic E-state index is 0. The molecule has 2 heterocycles. The minimum atomic E-state index is -3.38. The van der Waals surface area contributed by atoms with Gasteiger partial charge in [-0.25, -0.2) is 8.42 Å². The summed E-state index contributed by atoms with van der Waals surface area (Å²) in [6.45, 7) is 2.07. The molecule has 2 aliphatic rings. The summed E-state index contributed by atoms with van der Waals surface area (Å²) in [7, 11) is -3.38. The van der Waals surface area contributed by atoms with Crippen LogP contribution in [0.15, 0.2) is 42.7 Å². The van der Waals surface area contributed by atoms with E-state index in [0.717, 1.165) is 37.1 Å². The van der Waals surface area contributed by atoms with Gasteiger partial charge in [-0.15, -0.1) is 12.4 Å². The second-order valence-corrected chi connectivity index (χ2v) is 8.95. The van der Waals surface area contributed by atoms with Gasteiger partial charge in [0.1, 0.15) is 11.9 Å². The molecule has 2 fully saturated rings. The summed E-state index contributed by atoms with van der Waals surface area (Å²) in [6.07, 6.45) is 6.86. The highest BCUT2D eigenvalue weighted by atomic mass is 35.5. The monoisotopic (exact) mass is 409 g/mol. The van der Waals surface area contributed by atoms with E-state index in [0.29, 0.717) is 23.1 Å². The Kier molecular flexibility index (Phi) is 5.93. The third-order valence-corrected chi connectivity index (χ3v) is 5.73. The standard InChI is InChI=1S/C19H23N3O3S.ClH/c1-26(23,24)22-17-6-7-20-12-16(17)15-4-2-3-5-18(15)25-19-9-13-8-14(19)11-21-10-13;/h2-7,12-14,19,21H,8-11H2,1H3,(H,20,22);1H/t13-,14-,19+;/m1./s1. The summed E-state index contributed by atoms with van der Waals surface area (Å²) < 4.78 is 32.4. The van der Waals surface area contributed by atoms with Gasteiger partial charge in [0.2, 0.25) is 10.0 Å². The molecule has 8 heteroatoms. The van der Waals surface area contributed by atoms with Crippen LogP contribution in [-0.2, 0) is 10.0 Å². The van der Waals surface area contributed by atoms with Crippen LogP contribution in [0.25, 0.3) is 11.1 Å². The molecule has 1 saturated carbocycles. The Balaban J connectivity index is 0.00000210. The number of para-hydroxylation sites is 1. The predicted molar refractivity (Wildman–Crippen MR) is 109 cm³/mol. The maximum Gasteiger partial charge on any atom is 0.229 e. The topological polar surface area (TPSA) is 80.3 Å². The van der Waals surface area contributed by atoms with Crippen LogP contribution in [0.3, 0.4) is 0 Å². The molecule has 0 spiro atoms. The van der Waals surface area contributed by atoms with Crippen LogP contribution in [-0.4, -0.2) is 38.9 Å². The Morgan fingerprint density at radius 1 is 1.15 bits per heavy atom. The maximum absolute atomic E-state index is 11.7. The highest BCUT2D eigenvalue weighted by molar-refractivity contribution is 7.92. The Morgan fingerprint density at radius 2 is 1.96 bits per heavy atom. The first-order valence-corrected chi connectivity index (χ1v) is 10.8. The van der Waals surface area contributed by atoms with Crippen molar-refractivity contribution >= 4 is 28.1 Å². The van der Waals surface area contributed by atoms with Crippen LogP contribution in [0, 0.1) is 11.8 Å². The third-order valence-electron chi connectivity index (χ3n) is 5.14. The number of piperidine rings is 1. The van der Waals surface area contributed by atoms with Crippen LogP contribution in [0.1, 0.15) is 12.8 Å². The number of halogens is 1. The Labute approximate surface area is 166 Å². The van der Waals surface area contributed by atoms with E-state index in [9.17, 15) is 8.42 Å². The van der Waals surface area contributed by atoms with Crippen molar-refractivity contribution in [3.05, 3.63) is 42.7 Å². The summed E-state index contributed by atoms with van der Waals surface area (Å²) in [5, 5.41) is 3.48. The van der Waals surface area contributed by atoms with Gasteiger partial charge in [0, 0.05) is 36.0 Å². The molecule has 27 heavy (non-hydrogen) atoms. The van der Waals surface area contributed by atoms with E-state index in [1.54, 1.807) is 18.5 Å². The second kappa shape index (κ2) is 8.04. The molecule has 0 radical (unpaired) electrons. The zero-order chi connectivity index (χ0) is 18.1. The lowest BCUT2D eigenvalue weighted by atomic mass is 10.0. The smallest absolute Gasteiger partial charge is 0.229 e. The molecule has 0 amide bonds. The molecule has 1 aliphatic carbocycles. The molecule has 0 unspecified atom stereocenters. The van der Waals surface area contributed by atoms with Gasteiger partial charge in [0.15, 0.2) is 0 Å². The number of pyridine rings is 1. The van der Waals surface area contributed by atoms with Gasteiger partial charge in [0.25, 0.3) is 0 Å². The summed E-state index contributed by atoms with van der Waals surface area (Å²) in [4.78, 5) is 4.18. The highest BCUT2D eigenvalue weighted by Gasteiger charge is 2.38. The van der Waals surface area contributed by atoms with Crippen molar-refractivity contribution in [3.63, 3.8) is 0 Å². The Morgan fingerprint density at radius 3 is 2.74 bits per heavy atom. The van der Waals surface area contributed by atoms with Gasteiger partial charge in [0.05, 0.1) is 11.9 Å². The van der Waals surface area contributed by atoms with Crippen molar-refractivity contribution in [1.29, 1.82) is 0 Å². The second-order valence-electron chi connectivity index (χ2n) is 7.20. The number of ether oxygens (including phenoxy) is 1. The van der Waals surface area contributed by atoms with Crippen molar-refractivity contribution in [2.45, 2.75) is 18.9 Å². The molecule has 2 N–H and O–H groups in total. The number of nitrogens with one attached hydrogen (secondary N) is 2. The lowest BCUT2D eigenvalue weighted by Gasteiger charge is -2.24. The first-order valence-electron chi connectivity index (χ1n) is 8.88. The van der Waals surface area contributed by atoms with Gasteiger partial charge in [-0.1, -0.05) is 18.2 Å². The molecule has 6 nitrogen and oxygen atoms in total. The quantitative estimate of drug-likeness (QED) is 0.793. The largest absolute Gasteiger partial charge is 0.489 e. The zero-order valence-electron chi connectivity index (χ0n) is 15.1. The van der Waals surface area contributed by atoms with Crippen LogP contribution in [0.5, 0.6) is 5.75 Å². The van der Waals surface area contributed by atoms with E-state index < -0.39 is 10.0 Å². The molecule has 1 aromatic heterocycles. The van der Waals surface area contributed by atoms with Crippen molar-refractivity contribution in [2.75, 3.05) is 24.1 Å². The first-order chi connectivity index (χ1) is 12.5. The van der Waals surface area contributed by atoms with E-state index in [2.05, 4.69) is 15.0 Å². The number of hydrogen-bond donors (Lipinski definition) is 2. The predicted octanol–water partition coefficient (Wildman–Crippen LogP) is 2.92. The molecular weight excluding hydrogens is 386 g/mol. The van der Waals surface area contributed by atoms with Crippen molar-refractivity contribution in [1.82, 2.24) is 10.3 Å². The fourth-order valence-corrected chi connectivity index (χ4v) is 4.63. The number of fused-ring (bicyclic) bond motifs is 2. The normalized spacial score (nSPS) is 24.1. The molecule has 2 aromatic rings. The van der Waals surface area contributed by atoms with E-state index in [-0.39, 0.29) is 18.5 Å². The molecule has 3 atom stereocenters. The Bertz CT molecular complexity index is 907. The fraction of sp³-hybridized carbons (Fsp3) is 0.421. The van der Waals surface area contributed by atoms with Crippen LogP contribution in [0.2, 0.25) is 0 Å². The number of hydrogen-bond acceptors (Lipinski definition) is 5. The van der Waals surface area contributed by atoms with Crippen molar-refractivity contribution in [2.24, 2.45) is 11.8 Å². The molecule has 1 saturated heterocycles. The average molecular weight is 410 g/mol. The van der Waals surface area contributed by atoms with Gasteiger partial charge in [-0.3, -0.25) is 9.71 Å². The summed E-state index contributed by atoms with van der Waals surface area (Å²) in [5.74, 6) is 1.99. The fourth-order valence-electron chi connectivity index (χ4n) is 4.05. The first kappa shape index (κ1) is 19.9. The SMILES string of the molecule is CS(=O)(=O)Nc1ccncc1-c1ccccc1O[C@H]1C[C@@H]2CNC[C@H]1C2.Cl. The van der Waals surface area contributed by atoms with E-state index in [1.165, 1.54) is 6.42 Å². The lowest BCUT2D eigenvalue weighted by molar-refractivity contribution is 0.161. The number of rotatable bonds is 5. The average Bonchev–Trinajstić information content (AvgIpc) is 2.88. The van der Waals surface area contributed by atoms with Crippen molar-refractivity contribution in [3.8, 4) is 16.9 Å². The van der Waals surface area contributed by atoms with Crippen LogP contribution >= 0.6 is 12.4 Å². The number of sulfonamides is 1. The highest BCUT2D eigenvalue weighted by Crippen LogP contribution is 2.40. The zero-order valence-corrected chi connectivity index (χ0v) is 16.7.